The number of para-hydroxylation sites is 1. The van der Waals surface area contributed by atoms with Crippen molar-refractivity contribution in [3.8, 4) is 0 Å². The number of nitrogens with one attached hydrogen (secondary N) is 9. The summed E-state index contributed by atoms with van der Waals surface area (Å²) < 4.78 is 0. The van der Waals surface area contributed by atoms with Gasteiger partial charge in [-0.2, -0.15) is 0 Å². The first-order valence-corrected chi connectivity index (χ1v) is 29.7. The second kappa shape index (κ2) is 33.8. The van der Waals surface area contributed by atoms with Gasteiger partial charge in [-0.3, -0.25) is 62.9 Å². The Labute approximate surface area is 514 Å². The van der Waals surface area contributed by atoms with E-state index in [1.165, 1.54) is 11.8 Å². The molecule has 10 amide bonds. The summed E-state index contributed by atoms with van der Waals surface area (Å²) in [6.07, 6.45) is 1.94. The number of guanidine groups is 3. The van der Waals surface area contributed by atoms with Crippen molar-refractivity contribution in [1.82, 2.24) is 52.4 Å². The van der Waals surface area contributed by atoms with Gasteiger partial charge in [0, 0.05) is 69.6 Å². The highest BCUT2D eigenvalue weighted by molar-refractivity contribution is 6.00. The standard InChI is InChI=1S/C59H84N20O10/c1-33(80)72-41(17-8-24-68-57(61)62)50(83)78-46-31-48(81)67-23-7-6-16-40(49(60)82)73-51(84)42(18-9-25-69-58(63)64)75-54(87)45(30-37-32-71-39-15-5-4-14-38(37)39)76-52(85)43(19-10-26-70-59(65)66)74-53(86)44(77-55(88)47-20-11-27-79(47)56(46)89)29-34-21-22-35-12-2-3-13-36(35)28-34/h2-5,12-15,21-22,28,32,40-47,71H,6-11,16-20,23-27,29-31H2,1H3,(H2,60,82)(H,67,81)(H,72,80)(H,73,84)(H,74,86)(H,75,87)(H,76,85)(H,77,88)(H,78,83)(H4,61,62,68)(H4,63,64,69)(H4,65,66,70)/t40-,41+,42-,43-,44+,45-,46-,47-/m0/s1. The molecule has 480 valence electrons. The van der Waals surface area contributed by atoms with E-state index in [-0.39, 0.29) is 128 Å². The van der Waals surface area contributed by atoms with Crippen LogP contribution in [0.2, 0.25) is 0 Å². The second-order valence-corrected chi connectivity index (χ2v) is 22.1. The maximum atomic E-state index is 15.1. The SMILES string of the molecule is CC(=O)N[C@H](CCCN=C(N)N)C(=O)N[C@H]1CC(=O)NCCCC[C@@H](C(N)=O)NC(=O)[C@H](CCCN=C(N)N)NC(=O)[C@H](Cc2c[nH]c3ccccc23)NC(=O)[C@H](CCCN=C(N)N)NC(=O)[C@@H](Cc2ccc3ccccc3c2)NC(=O)[C@@H]2CCCN2C1=O. The van der Waals surface area contributed by atoms with Crippen LogP contribution in [0.4, 0.5) is 0 Å². The Kier molecular flexibility index (Phi) is 25.8. The average Bonchev–Trinajstić information content (AvgIpc) is 2.34. The van der Waals surface area contributed by atoms with E-state index in [1.54, 1.807) is 18.3 Å². The molecule has 4 aromatic rings. The van der Waals surface area contributed by atoms with Gasteiger partial charge in [-0.05, 0) is 98.6 Å². The molecule has 89 heavy (non-hydrogen) atoms. The van der Waals surface area contributed by atoms with E-state index in [0.717, 1.165) is 21.7 Å². The van der Waals surface area contributed by atoms with E-state index in [2.05, 4.69) is 62.5 Å². The number of rotatable bonds is 20. The summed E-state index contributed by atoms with van der Waals surface area (Å²) in [5.74, 6) is -8.51. The number of aromatic amines is 1. The number of carbonyl (C=O) groups is 10. The van der Waals surface area contributed by atoms with Crippen molar-refractivity contribution in [1.29, 1.82) is 0 Å². The zero-order valence-corrected chi connectivity index (χ0v) is 49.9. The lowest BCUT2D eigenvalue weighted by molar-refractivity contribution is -0.143. The molecular formula is C59H84N20O10. The van der Waals surface area contributed by atoms with Gasteiger partial charge in [0.05, 0.1) is 6.42 Å². The van der Waals surface area contributed by atoms with Crippen molar-refractivity contribution in [3.05, 3.63) is 84.1 Å². The zero-order chi connectivity index (χ0) is 64.6. The first-order chi connectivity index (χ1) is 42.6. The molecule has 6 rings (SSSR count). The predicted octanol–water partition coefficient (Wildman–Crippen LogP) is -3.15. The van der Waals surface area contributed by atoms with Crippen LogP contribution in [0.15, 0.2) is 87.9 Å². The van der Waals surface area contributed by atoms with Gasteiger partial charge in [-0.15, -0.1) is 0 Å². The molecule has 0 radical (unpaired) electrons. The van der Waals surface area contributed by atoms with Crippen LogP contribution in [0.1, 0.15) is 95.1 Å². The van der Waals surface area contributed by atoms with Crippen molar-refractivity contribution in [2.45, 2.75) is 145 Å². The summed E-state index contributed by atoms with van der Waals surface area (Å²) in [6, 6.07) is 9.25. The number of nitrogens with two attached hydrogens (primary N) is 7. The van der Waals surface area contributed by atoms with Gasteiger partial charge < -0.3 is 92.6 Å². The van der Waals surface area contributed by atoms with Crippen molar-refractivity contribution in [2.24, 2.45) is 55.1 Å². The quantitative estimate of drug-likeness (QED) is 0.0236. The van der Waals surface area contributed by atoms with Gasteiger partial charge in [0.25, 0.3) is 0 Å². The average molecular weight is 1230 g/mol. The molecule has 0 spiro atoms. The number of hydrogen-bond donors (Lipinski definition) is 16. The summed E-state index contributed by atoms with van der Waals surface area (Å²) >= 11 is 0. The molecule has 3 heterocycles. The number of amides is 10. The van der Waals surface area contributed by atoms with Crippen molar-refractivity contribution >= 4 is 98.6 Å². The number of H-pyrrole nitrogens is 1. The highest BCUT2D eigenvalue weighted by Gasteiger charge is 2.41. The largest absolute Gasteiger partial charge is 0.370 e. The number of aromatic nitrogens is 1. The first kappa shape index (κ1) is 68.1. The molecule has 30 heteroatoms. The molecule has 2 aliphatic heterocycles. The Morgan fingerprint density at radius 1 is 0.629 bits per heavy atom. The lowest BCUT2D eigenvalue weighted by atomic mass is 9.99. The third-order valence-corrected chi connectivity index (χ3v) is 15.2. The highest BCUT2D eigenvalue weighted by Crippen LogP contribution is 2.23. The number of benzene rings is 3. The van der Waals surface area contributed by atoms with Crippen LogP contribution in [-0.4, -0.2) is 168 Å². The predicted molar refractivity (Wildman–Crippen MR) is 334 cm³/mol. The van der Waals surface area contributed by atoms with E-state index in [9.17, 15) is 38.4 Å². The molecule has 0 unspecified atom stereocenters. The van der Waals surface area contributed by atoms with E-state index in [1.807, 2.05) is 54.6 Å². The van der Waals surface area contributed by atoms with Crippen LogP contribution in [0, 0.1) is 0 Å². The Morgan fingerprint density at radius 3 is 1.84 bits per heavy atom. The van der Waals surface area contributed by atoms with E-state index in [4.69, 9.17) is 40.1 Å². The summed E-state index contributed by atoms with van der Waals surface area (Å²) in [5.41, 5.74) is 41.2. The van der Waals surface area contributed by atoms with Crippen molar-refractivity contribution in [2.75, 3.05) is 32.7 Å². The van der Waals surface area contributed by atoms with E-state index in [0.29, 0.717) is 17.5 Å². The Balaban J connectivity index is 1.41. The number of nitrogens with zero attached hydrogens (tertiary/aromatic N) is 4. The van der Waals surface area contributed by atoms with Crippen LogP contribution in [-0.2, 0) is 60.8 Å². The van der Waals surface area contributed by atoms with Crippen LogP contribution in [0.5, 0.6) is 0 Å². The van der Waals surface area contributed by atoms with Gasteiger partial charge in [0.15, 0.2) is 17.9 Å². The fourth-order valence-electron chi connectivity index (χ4n) is 10.7. The molecule has 3 aromatic carbocycles. The summed E-state index contributed by atoms with van der Waals surface area (Å²) in [5, 5.41) is 24.3. The van der Waals surface area contributed by atoms with Crippen LogP contribution >= 0.6 is 0 Å². The molecular weight excluding hydrogens is 1150 g/mol. The maximum Gasteiger partial charge on any atom is 0.246 e. The third kappa shape index (κ3) is 21.4. The maximum absolute atomic E-state index is 15.1. The van der Waals surface area contributed by atoms with Gasteiger partial charge in [0.1, 0.15) is 48.3 Å². The van der Waals surface area contributed by atoms with Crippen LogP contribution < -0.4 is 82.7 Å². The van der Waals surface area contributed by atoms with Gasteiger partial charge >= 0.3 is 0 Å². The summed E-state index contributed by atoms with van der Waals surface area (Å²) in [4.78, 5) is 159. The minimum atomic E-state index is -1.60. The molecule has 23 N–H and O–H groups in total. The molecule has 30 nitrogen and oxygen atoms in total. The molecule has 2 fully saturated rings. The Morgan fingerprint density at radius 2 is 1.20 bits per heavy atom. The molecule has 1 aromatic heterocycles. The molecule has 0 aliphatic carbocycles. The third-order valence-electron chi connectivity index (χ3n) is 15.2. The molecule has 8 atom stereocenters. The fourth-order valence-corrected chi connectivity index (χ4v) is 10.7. The second-order valence-electron chi connectivity index (χ2n) is 22.1. The fraction of sp³-hybridized carbons (Fsp3) is 0.475. The first-order valence-electron chi connectivity index (χ1n) is 29.7. The lowest BCUT2D eigenvalue weighted by Crippen LogP contribution is -2.60. The minimum Gasteiger partial charge on any atom is -0.370 e. The number of hydrogen-bond acceptors (Lipinski definition) is 13. The lowest BCUT2D eigenvalue weighted by Gasteiger charge is -2.31. The smallest absolute Gasteiger partial charge is 0.246 e. The monoisotopic (exact) mass is 1230 g/mol. The van der Waals surface area contributed by atoms with Crippen molar-refractivity contribution in [3.63, 3.8) is 0 Å². The molecule has 2 aliphatic rings. The summed E-state index contributed by atoms with van der Waals surface area (Å²) in [7, 11) is 0. The number of primary amides is 1. The van der Waals surface area contributed by atoms with Crippen molar-refractivity contribution < 1.29 is 47.9 Å². The summed E-state index contributed by atoms with van der Waals surface area (Å²) in [6.45, 7) is 1.36. The number of aliphatic imine (C=N–C) groups is 3. The number of fused-ring (bicyclic) bond motifs is 3. The highest BCUT2D eigenvalue weighted by atomic mass is 16.2. The van der Waals surface area contributed by atoms with Gasteiger partial charge in [0.2, 0.25) is 59.1 Å². The molecule has 0 saturated carbocycles. The number of carbonyl (C=O) groups excluding carboxylic acids is 10. The molecule has 2 saturated heterocycles. The minimum absolute atomic E-state index is 0.00169. The van der Waals surface area contributed by atoms with E-state index < -0.39 is 114 Å². The van der Waals surface area contributed by atoms with Crippen LogP contribution in [0.3, 0.4) is 0 Å². The normalized spacial score (nSPS) is 21.5. The Bertz CT molecular complexity index is 3260. The van der Waals surface area contributed by atoms with E-state index >= 15 is 9.59 Å². The topological polar surface area (TPSA) is 505 Å². The Hall–Kier alpha value is -10.0. The van der Waals surface area contributed by atoms with Gasteiger partial charge in [-0.25, -0.2) is 0 Å². The van der Waals surface area contributed by atoms with Gasteiger partial charge in [-0.1, -0.05) is 60.7 Å². The zero-order valence-electron chi connectivity index (χ0n) is 49.9. The molecule has 0 bridgehead atoms. The van der Waals surface area contributed by atoms with Crippen LogP contribution in [0.25, 0.3) is 21.7 Å².